The van der Waals surface area contributed by atoms with Crippen LogP contribution < -0.4 is 5.73 Å². The maximum absolute atomic E-state index is 11.1. The van der Waals surface area contributed by atoms with Crippen molar-refractivity contribution in [2.75, 3.05) is 7.11 Å². The molecule has 0 aromatic heterocycles. The van der Waals surface area contributed by atoms with Gasteiger partial charge in [0, 0.05) is 6.42 Å². The summed E-state index contributed by atoms with van der Waals surface area (Å²) in [4.78, 5) is 11.5. The molecule has 1 rings (SSSR count). The molecule has 0 aliphatic rings. The molecule has 0 saturated heterocycles. The number of benzene rings is 1. The number of carbonyl (C=O) groups is 1. The van der Waals surface area contributed by atoms with Crippen LogP contribution in [-0.2, 0) is 11.2 Å². The number of hydrogen-bond acceptors (Lipinski definition) is 4. The van der Waals surface area contributed by atoms with Crippen LogP contribution >= 0.6 is 12.2 Å². The molecule has 5 heteroatoms. The number of ether oxygens (including phenoxy) is 1. The van der Waals surface area contributed by atoms with Gasteiger partial charge in [-0.2, -0.15) is 0 Å². The average molecular weight is 225 g/mol. The van der Waals surface area contributed by atoms with Crippen molar-refractivity contribution in [3.8, 4) is 5.75 Å². The van der Waals surface area contributed by atoms with Crippen molar-refractivity contribution < 1.29 is 14.6 Å². The number of phenolic OH excluding ortho intramolecular Hbond substituents is 1. The second-order valence-corrected chi connectivity index (χ2v) is 3.51. The highest BCUT2D eigenvalue weighted by Crippen LogP contribution is 2.19. The van der Waals surface area contributed by atoms with Crippen LogP contribution in [0.15, 0.2) is 18.2 Å². The third kappa shape index (κ3) is 2.92. The minimum atomic E-state index is -0.575. The van der Waals surface area contributed by atoms with Gasteiger partial charge in [0.05, 0.1) is 12.1 Å². The first-order chi connectivity index (χ1) is 7.04. The van der Waals surface area contributed by atoms with Gasteiger partial charge in [0.2, 0.25) is 0 Å². The van der Waals surface area contributed by atoms with Gasteiger partial charge in [0.1, 0.15) is 11.3 Å². The highest BCUT2D eigenvalue weighted by atomic mass is 32.1. The standard InChI is InChI=1S/C10H11NO3S/c1-14-10(13)7-3-2-6(4-8(7)12)5-9(11)15/h2-4,12H,5H2,1H3,(H2,11,15). The molecule has 0 atom stereocenters. The normalized spacial score (nSPS) is 9.67. The van der Waals surface area contributed by atoms with Gasteiger partial charge in [-0.3, -0.25) is 0 Å². The highest BCUT2D eigenvalue weighted by molar-refractivity contribution is 7.80. The van der Waals surface area contributed by atoms with Gasteiger partial charge >= 0.3 is 5.97 Å². The predicted molar refractivity (Wildman–Crippen MR) is 59.9 cm³/mol. The summed E-state index contributed by atoms with van der Waals surface area (Å²) in [5.41, 5.74) is 6.24. The molecule has 0 radical (unpaired) electrons. The van der Waals surface area contributed by atoms with E-state index in [0.717, 1.165) is 5.56 Å². The number of carbonyl (C=O) groups excluding carboxylic acids is 1. The lowest BCUT2D eigenvalue weighted by atomic mass is 10.1. The molecule has 0 heterocycles. The fourth-order valence-corrected chi connectivity index (χ4v) is 1.34. The Kier molecular flexibility index (Phi) is 3.62. The van der Waals surface area contributed by atoms with E-state index in [4.69, 9.17) is 18.0 Å². The van der Waals surface area contributed by atoms with Crippen LogP contribution in [0, 0.1) is 0 Å². The van der Waals surface area contributed by atoms with Gasteiger partial charge in [0.25, 0.3) is 0 Å². The summed E-state index contributed by atoms with van der Waals surface area (Å²) in [5.74, 6) is -0.704. The number of esters is 1. The Morgan fingerprint density at radius 1 is 1.60 bits per heavy atom. The minimum absolute atomic E-state index is 0.129. The molecule has 0 saturated carbocycles. The van der Waals surface area contributed by atoms with E-state index in [1.165, 1.54) is 19.2 Å². The first-order valence-corrected chi connectivity index (χ1v) is 4.64. The molecule has 0 fully saturated rings. The summed E-state index contributed by atoms with van der Waals surface area (Å²) < 4.78 is 4.49. The zero-order valence-electron chi connectivity index (χ0n) is 8.19. The van der Waals surface area contributed by atoms with Crippen molar-refractivity contribution in [3.63, 3.8) is 0 Å². The van der Waals surface area contributed by atoms with Crippen molar-refractivity contribution in [2.24, 2.45) is 5.73 Å². The molecule has 1 aromatic carbocycles. The predicted octanol–water partition coefficient (Wildman–Crippen LogP) is 1.01. The molecular formula is C10H11NO3S. The van der Waals surface area contributed by atoms with E-state index < -0.39 is 5.97 Å². The van der Waals surface area contributed by atoms with Crippen molar-refractivity contribution in [1.82, 2.24) is 0 Å². The van der Waals surface area contributed by atoms with E-state index in [-0.39, 0.29) is 11.3 Å². The lowest BCUT2D eigenvalue weighted by Crippen LogP contribution is -2.11. The van der Waals surface area contributed by atoms with Gasteiger partial charge in [-0.25, -0.2) is 4.79 Å². The molecule has 4 nitrogen and oxygen atoms in total. The Bertz CT molecular complexity index is 404. The molecule has 0 spiro atoms. The maximum atomic E-state index is 11.1. The smallest absolute Gasteiger partial charge is 0.341 e. The van der Waals surface area contributed by atoms with Crippen molar-refractivity contribution in [1.29, 1.82) is 0 Å². The molecule has 0 bridgehead atoms. The van der Waals surface area contributed by atoms with Crippen LogP contribution in [0.2, 0.25) is 0 Å². The Labute approximate surface area is 92.7 Å². The second-order valence-electron chi connectivity index (χ2n) is 2.99. The van der Waals surface area contributed by atoms with Crippen molar-refractivity contribution >= 4 is 23.2 Å². The van der Waals surface area contributed by atoms with Crippen LogP contribution in [0.5, 0.6) is 5.75 Å². The van der Waals surface area contributed by atoms with Gasteiger partial charge in [-0.1, -0.05) is 18.3 Å². The van der Waals surface area contributed by atoms with Gasteiger partial charge in [-0.15, -0.1) is 0 Å². The maximum Gasteiger partial charge on any atom is 0.341 e. The Balaban J connectivity index is 2.97. The SMILES string of the molecule is COC(=O)c1ccc(CC(N)=S)cc1O. The molecule has 0 aliphatic heterocycles. The highest BCUT2D eigenvalue weighted by Gasteiger charge is 2.11. The molecule has 80 valence electrons. The molecule has 0 aliphatic carbocycles. The van der Waals surface area contributed by atoms with E-state index in [1.807, 2.05) is 0 Å². The van der Waals surface area contributed by atoms with E-state index in [0.29, 0.717) is 11.4 Å². The monoisotopic (exact) mass is 225 g/mol. The summed E-state index contributed by atoms with van der Waals surface area (Å²) in [6, 6.07) is 4.60. The van der Waals surface area contributed by atoms with Crippen LogP contribution in [0.4, 0.5) is 0 Å². The van der Waals surface area contributed by atoms with E-state index >= 15 is 0 Å². The number of aromatic hydroxyl groups is 1. The molecular weight excluding hydrogens is 214 g/mol. The van der Waals surface area contributed by atoms with Crippen LogP contribution in [0.1, 0.15) is 15.9 Å². The quantitative estimate of drug-likeness (QED) is 0.593. The van der Waals surface area contributed by atoms with E-state index in [9.17, 15) is 9.90 Å². The average Bonchev–Trinajstić information content (AvgIpc) is 2.16. The van der Waals surface area contributed by atoms with Crippen LogP contribution in [-0.4, -0.2) is 23.2 Å². The Morgan fingerprint density at radius 3 is 2.73 bits per heavy atom. The number of thiocarbonyl (C=S) groups is 1. The summed E-state index contributed by atoms with van der Waals surface area (Å²) in [6.45, 7) is 0. The minimum Gasteiger partial charge on any atom is -0.507 e. The van der Waals surface area contributed by atoms with E-state index in [2.05, 4.69) is 4.74 Å². The first-order valence-electron chi connectivity index (χ1n) is 4.23. The molecule has 0 amide bonds. The van der Waals surface area contributed by atoms with Crippen LogP contribution in [0.25, 0.3) is 0 Å². The lowest BCUT2D eigenvalue weighted by Gasteiger charge is -2.05. The zero-order chi connectivity index (χ0) is 11.4. The summed E-state index contributed by atoms with van der Waals surface area (Å²) in [5, 5.41) is 9.52. The number of phenols is 1. The third-order valence-electron chi connectivity index (χ3n) is 1.85. The molecule has 1 aromatic rings. The fraction of sp³-hybridized carbons (Fsp3) is 0.200. The van der Waals surface area contributed by atoms with Crippen LogP contribution in [0.3, 0.4) is 0 Å². The fourth-order valence-electron chi connectivity index (χ4n) is 1.17. The second kappa shape index (κ2) is 4.75. The number of nitrogens with two attached hydrogens (primary N) is 1. The van der Waals surface area contributed by atoms with Gasteiger partial charge in [-0.05, 0) is 17.7 Å². The van der Waals surface area contributed by atoms with Crippen molar-refractivity contribution in [3.05, 3.63) is 29.3 Å². The Hall–Kier alpha value is -1.62. The summed E-state index contributed by atoms with van der Waals surface area (Å²) in [7, 11) is 1.25. The topological polar surface area (TPSA) is 72.5 Å². The van der Waals surface area contributed by atoms with Gasteiger partial charge < -0.3 is 15.6 Å². The largest absolute Gasteiger partial charge is 0.507 e. The number of hydrogen-bond donors (Lipinski definition) is 2. The number of rotatable bonds is 3. The van der Waals surface area contributed by atoms with E-state index in [1.54, 1.807) is 6.07 Å². The molecule has 3 N–H and O–H groups in total. The van der Waals surface area contributed by atoms with Gasteiger partial charge in [0.15, 0.2) is 0 Å². The number of methoxy groups -OCH3 is 1. The van der Waals surface area contributed by atoms with Crippen molar-refractivity contribution in [2.45, 2.75) is 6.42 Å². The zero-order valence-corrected chi connectivity index (χ0v) is 9.00. The molecule has 0 unspecified atom stereocenters. The third-order valence-corrected chi connectivity index (χ3v) is 1.99. The molecule has 15 heavy (non-hydrogen) atoms. The lowest BCUT2D eigenvalue weighted by molar-refractivity contribution is 0.0597. The Morgan fingerprint density at radius 2 is 2.27 bits per heavy atom. The summed E-state index contributed by atoms with van der Waals surface area (Å²) in [6.07, 6.45) is 0.393. The summed E-state index contributed by atoms with van der Waals surface area (Å²) >= 11 is 4.73. The first kappa shape index (κ1) is 11.5.